The fraction of sp³-hybridized carbons (Fsp3) is 1.00. The average Bonchev–Trinajstić information content (AvgIpc) is 2.14. The predicted molar refractivity (Wildman–Crippen MR) is 54.4 cm³/mol. The average molecular weight is 203 g/mol. The third-order valence-corrected chi connectivity index (χ3v) is 2.56. The molecule has 4 heteroatoms. The lowest BCUT2D eigenvalue weighted by atomic mass is 10.0. The van der Waals surface area contributed by atoms with Crippen LogP contribution >= 0.6 is 0 Å². The minimum atomic E-state index is 0.104. The molecule has 0 aromatic rings. The van der Waals surface area contributed by atoms with Crippen LogP contribution in [0.15, 0.2) is 0 Å². The second kappa shape index (κ2) is 5.66. The van der Waals surface area contributed by atoms with Gasteiger partial charge >= 0.3 is 0 Å². The van der Waals surface area contributed by atoms with Crippen LogP contribution in [0.25, 0.3) is 0 Å². The Hall–Kier alpha value is -0.160. The molecule has 1 aliphatic heterocycles. The lowest BCUT2D eigenvalue weighted by Gasteiger charge is -2.42. The number of nitrogens with zero attached hydrogens (tertiary/aromatic N) is 1. The van der Waals surface area contributed by atoms with Crippen LogP contribution in [0.4, 0.5) is 0 Å². The minimum Gasteiger partial charge on any atom is -0.394 e. The quantitative estimate of drug-likeness (QED) is 0.644. The highest BCUT2D eigenvalue weighted by Crippen LogP contribution is 2.17. The van der Waals surface area contributed by atoms with Gasteiger partial charge in [0.25, 0.3) is 0 Å². The van der Waals surface area contributed by atoms with E-state index in [2.05, 4.69) is 18.7 Å². The van der Waals surface area contributed by atoms with Gasteiger partial charge in [-0.15, -0.1) is 0 Å². The van der Waals surface area contributed by atoms with Crippen molar-refractivity contribution in [2.45, 2.75) is 19.4 Å². The number of aliphatic hydroxyl groups is 1. The molecule has 14 heavy (non-hydrogen) atoms. The van der Waals surface area contributed by atoms with Gasteiger partial charge in [0.2, 0.25) is 0 Å². The largest absolute Gasteiger partial charge is 0.394 e. The van der Waals surface area contributed by atoms with Gasteiger partial charge in [-0.25, -0.2) is 0 Å². The van der Waals surface area contributed by atoms with Crippen LogP contribution < -0.4 is 0 Å². The molecular formula is C10H21NO3. The number of rotatable bonds is 5. The zero-order valence-corrected chi connectivity index (χ0v) is 9.16. The maximum Gasteiger partial charge on any atom is 0.0698 e. The number of morpholine rings is 1. The third-order valence-electron chi connectivity index (χ3n) is 2.56. The van der Waals surface area contributed by atoms with Gasteiger partial charge in [-0.1, -0.05) is 0 Å². The van der Waals surface area contributed by atoms with Crippen molar-refractivity contribution < 1.29 is 14.6 Å². The molecule has 0 aromatic heterocycles. The molecule has 0 aromatic carbocycles. The van der Waals surface area contributed by atoms with Gasteiger partial charge in [0.1, 0.15) is 0 Å². The Bertz CT molecular complexity index is 161. The second-order valence-corrected chi connectivity index (χ2v) is 4.19. The highest BCUT2D eigenvalue weighted by Gasteiger charge is 2.29. The Balaban J connectivity index is 2.20. The van der Waals surface area contributed by atoms with Crippen LogP contribution in [0.5, 0.6) is 0 Å². The molecule has 0 amide bonds. The number of ether oxygens (including phenoxy) is 2. The summed E-state index contributed by atoms with van der Waals surface area (Å²) >= 11 is 0. The van der Waals surface area contributed by atoms with E-state index in [1.54, 1.807) is 0 Å². The van der Waals surface area contributed by atoms with Gasteiger partial charge in [0.15, 0.2) is 0 Å². The van der Waals surface area contributed by atoms with Gasteiger partial charge in [-0.2, -0.15) is 0 Å². The van der Waals surface area contributed by atoms with E-state index in [0.717, 1.165) is 26.3 Å². The zero-order chi connectivity index (χ0) is 10.4. The molecule has 1 aliphatic rings. The maximum atomic E-state index is 8.55. The van der Waals surface area contributed by atoms with E-state index in [0.29, 0.717) is 13.2 Å². The highest BCUT2D eigenvalue weighted by molar-refractivity contribution is 4.84. The lowest BCUT2D eigenvalue weighted by molar-refractivity contribution is -0.0615. The molecule has 1 saturated heterocycles. The first-order valence-corrected chi connectivity index (χ1v) is 5.18. The molecule has 0 radical (unpaired) electrons. The summed E-state index contributed by atoms with van der Waals surface area (Å²) in [5.41, 5.74) is 0.112. The second-order valence-electron chi connectivity index (χ2n) is 4.19. The van der Waals surface area contributed by atoms with Crippen molar-refractivity contribution in [1.29, 1.82) is 0 Å². The molecule has 1 N–H and O–H groups in total. The highest BCUT2D eigenvalue weighted by atomic mass is 16.5. The summed E-state index contributed by atoms with van der Waals surface area (Å²) < 4.78 is 10.7. The Labute approximate surface area is 85.8 Å². The van der Waals surface area contributed by atoms with Crippen molar-refractivity contribution in [3.63, 3.8) is 0 Å². The normalized spacial score (nSPS) is 22.5. The van der Waals surface area contributed by atoms with Crippen LogP contribution in [-0.4, -0.2) is 61.7 Å². The standard InChI is InChI=1S/C10H21NO3/c1-10(2)9-14-7-4-11(10)3-6-13-8-5-12/h12H,3-9H2,1-2H3. The van der Waals surface area contributed by atoms with Gasteiger partial charge in [-0.3, -0.25) is 4.90 Å². The predicted octanol–water partition coefficient (Wildman–Crippen LogP) is 0.106. The Morgan fingerprint density at radius 1 is 1.43 bits per heavy atom. The Kier molecular flexibility index (Phi) is 4.81. The molecule has 1 heterocycles. The summed E-state index contributed by atoms with van der Waals surface area (Å²) in [5, 5.41) is 8.55. The van der Waals surface area contributed by atoms with Crippen molar-refractivity contribution in [2.75, 3.05) is 46.1 Å². The topological polar surface area (TPSA) is 41.9 Å². The van der Waals surface area contributed by atoms with Gasteiger partial charge in [0.05, 0.1) is 33.0 Å². The molecule has 0 atom stereocenters. The third kappa shape index (κ3) is 3.53. The molecule has 0 bridgehead atoms. The molecule has 0 saturated carbocycles. The van der Waals surface area contributed by atoms with Crippen LogP contribution in [0.2, 0.25) is 0 Å². The van der Waals surface area contributed by atoms with Crippen molar-refractivity contribution in [3.05, 3.63) is 0 Å². The van der Waals surface area contributed by atoms with E-state index in [1.807, 2.05) is 0 Å². The van der Waals surface area contributed by atoms with Crippen molar-refractivity contribution in [1.82, 2.24) is 4.90 Å². The van der Waals surface area contributed by atoms with E-state index in [4.69, 9.17) is 14.6 Å². The van der Waals surface area contributed by atoms with E-state index >= 15 is 0 Å². The van der Waals surface area contributed by atoms with Crippen molar-refractivity contribution in [3.8, 4) is 0 Å². The SMILES string of the molecule is CC1(C)COCCN1CCOCCO. The van der Waals surface area contributed by atoms with E-state index in [1.165, 1.54) is 0 Å². The molecule has 0 aliphatic carbocycles. The summed E-state index contributed by atoms with van der Waals surface area (Å²) in [4.78, 5) is 2.37. The molecular weight excluding hydrogens is 182 g/mol. The van der Waals surface area contributed by atoms with Crippen LogP contribution in [0.1, 0.15) is 13.8 Å². The summed E-state index contributed by atoms with van der Waals surface area (Å²) in [7, 11) is 0. The van der Waals surface area contributed by atoms with Crippen LogP contribution in [0.3, 0.4) is 0 Å². The first-order chi connectivity index (χ1) is 6.67. The van der Waals surface area contributed by atoms with Gasteiger partial charge in [-0.05, 0) is 13.8 Å². The van der Waals surface area contributed by atoms with Crippen LogP contribution in [-0.2, 0) is 9.47 Å². The Morgan fingerprint density at radius 2 is 2.21 bits per heavy atom. The summed E-state index contributed by atoms with van der Waals surface area (Å²) in [6.07, 6.45) is 0. The molecule has 1 rings (SSSR count). The van der Waals surface area contributed by atoms with E-state index in [9.17, 15) is 0 Å². The zero-order valence-electron chi connectivity index (χ0n) is 9.16. The first-order valence-electron chi connectivity index (χ1n) is 5.18. The number of hydrogen-bond donors (Lipinski definition) is 1. The Morgan fingerprint density at radius 3 is 2.86 bits per heavy atom. The monoisotopic (exact) mass is 203 g/mol. The fourth-order valence-electron chi connectivity index (χ4n) is 1.65. The molecule has 0 spiro atoms. The smallest absolute Gasteiger partial charge is 0.0698 e. The fourth-order valence-corrected chi connectivity index (χ4v) is 1.65. The van der Waals surface area contributed by atoms with Crippen LogP contribution in [0, 0.1) is 0 Å². The minimum absolute atomic E-state index is 0.104. The summed E-state index contributed by atoms with van der Waals surface area (Å²) in [6.45, 7) is 9.06. The van der Waals surface area contributed by atoms with E-state index in [-0.39, 0.29) is 12.1 Å². The molecule has 1 fully saturated rings. The summed E-state index contributed by atoms with van der Waals surface area (Å²) in [5.74, 6) is 0. The first kappa shape index (κ1) is 11.9. The maximum absolute atomic E-state index is 8.55. The lowest BCUT2D eigenvalue weighted by Crippen LogP contribution is -2.53. The van der Waals surface area contributed by atoms with Gasteiger partial charge < -0.3 is 14.6 Å². The number of hydrogen-bond acceptors (Lipinski definition) is 4. The summed E-state index contributed by atoms with van der Waals surface area (Å²) in [6, 6.07) is 0. The van der Waals surface area contributed by atoms with Gasteiger partial charge in [0, 0.05) is 18.6 Å². The molecule has 84 valence electrons. The van der Waals surface area contributed by atoms with Crippen molar-refractivity contribution >= 4 is 0 Å². The van der Waals surface area contributed by atoms with E-state index < -0.39 is 0 Å². The number of aliphatic hydroxyl groups excluding tert-OH is 1. The van der Waals surface area contributed by atoms with Crippen molar-refractivity contribution in [2.24, 2.45) is 0 Å². The molecule has 4 nitrogen and oxygen atoms in total. The molecule has 0 unspecified atom stereocenters.